The Morgan fingerprint density at radius 3 is 2.30 bits per heavy atom. The number of primary amides is 1. The fourth-order valence-corrected chi connectivity index (χ4v) is 2.07. The predicted molar refractivity (Wildman–Crippen MR) is 93.1 cm³/mol. The molecule has 0 aromatic heterocycles. The van der Waals surface area contributed by atoms with Crippen LogP contribution in [-0.4, -0.2) is 18.4 Å². The van der Waals surface area contributed by atoms with Crippen LogP contribution < -0.4 is 16.4 Å². The molecule has 0 saturated carbocycles. The van der Waals surface area contributed by atoms with Crippen LogP contribution in [0.25, 0.3) is 0 Å². The van der Waals surface area contributed by atoms with E-state index >= 15 is 0 Å². The number of nitrogens with two attached hydrogens (primary N) is 1. The van der Waals surface area contributed by atoms with Gasteiger partial charge in [-0.25, -0.2) is 4.99 Å². The average molecular weight is 310 g/mol. The maximum absolute atomic E-state index is 11.1. The fourth-order valence-electron chi connectivity index (χ4n) is 2.07. The molecule has 4 N–H and O–H groups in total. The van der Waals surface area contributed by atoms with Crippen molar-refractivity contribution in [1.82, 2.24) is 10.6 Å². The molecular weight excluding hydrogens is 288 g/mol. The zero-order chi connectivity index (χ0) is 16.5. The second-order valence-corrected chi connectivity index (χ2v) is 5.10. The van der Waals surface area contributed by atoms with E-state index in [0.29, 0.717) is 18.7 Å². The van der Waals surface area contributed by atoms with Crippen molar-refractivity contribution in [1.29, 1.82) is 0 Å². The average Bonchev–Trinajstić information content (AvgIpc) is 2.58. The van der Waals surface area contributed by atoms with E-state index in [0.717, 1.165) is 23.6 Å². The van der Waals surface area contributed by atoms with E-state index < -0.39 is 5.91 Å². The van der Waals surface area contributed by atoms with Gasteiger partial charge in [-0.3, -0.25) is 4.79 Å². The Balaban J connectivity index is 1.94. The summed E-state index contributed by atoms with van der Waals surface area (Å²) in [7, 11) is 0. The zero-order valence-corrected chi connectivity index (χ0v) is 13.3. The van der Waals surface area contributed by atoms with Crippen molar-refractivity contribution in [2.75, 3.05) is 6.54 Å². The molecule has 120 valence electrons. The van der Waals surface area contributed by atoms with Crippen molar-refractivity contribution >= 4 is 11.9 Å². The van der Waals surface area contributed by atoms with Crippen LogP contribution >= 0.6 is 0 Å². The largest absolute Gasteiger partial charge is 0.366 e. The van der Waals surface area contributed by atoms with Crippen molar-refractivity contribution in [3.8, 4) is 0 Å². The van der Waals surface area contributed by atoms with Gasteiger partial charge in [-0.1, -0.05) is 42.5 Å². The number of nitrogens with one attached hydrogen (secondary N) is 2. The van der Waals surface area contributed by atoms with E-state index in [-0.39, 0.29) is 0 Å². The zero-order valence-electron chi connectivity index (χ0n) is 13.3. The second-order valence-electron chi connectivity index (χ2n) is 5.10. The maximum Gasteiger partial charge on any atom is 0.248 e. The first-order chi connectivity index (χ1) is 11.2. The summed E-state index contributed by atoms with van der Waals surface area (Å²) < 4.78 is 0. The van der Waals surface area contributed by atoms with Crippen LogP contribution in [0.3, 0.4) is 0 Å². The molecule has 23 heavy (non-hydrogen) atoms. The van der Waals surface area contributed by atoms with Gasteiger partial charge in [0.05, 0.1) is 6.54 Å². The number of amides is 1. The van der Waals surface area contributed by atoms with Gasteiger partial charge in [-0.15, -0.1) is 0 Å². The smallest absolute Gasteiger partial charge is 0.248 e. The van der Waals surface area contributed by atoms with E-state index in [1.54, 1.807) is 12.1 Å². The van der Waals surface area contributed by atoms with Crippen LogP contribution in [0, 0.1) is 0 Å². The third kappa shape index (κ3) is 5.47. The van der Waals surface area contributed by atoms with Crippen molar-refractivity contribution in [3.63, 3.8) is 0 Å². The van der Waals surface area contributed by atoms with Crippen LogP contribution in [0.15, 0.2) is 59.6 Å². The van der Waals surface area contributed by atoms with Crippen molar-refractivity contribution < 1.29 is 4.79 Å². The molecule has 0 spiro atoms. The second kappa shape index (κ2) is 8.58. The van der Waals surface area contributed by atoms with Crippen LogP contribution in [0.4, 0.5) is 0 Å². The fraction of sp³-hybridized carbons (Fsp3) is 0.222. The normalized spacial score (nSPS) is 11.1. The predicted octanol–water partition coefficient (Wildman–Crippen LogP) is 2.04. The topological polar surface area (TPSA) is 79.5 Å². The van der Waals surface area contributed by atoms with Crippen molar-refractivity contribution in [2.24, 2.45) is 10.7 Å². The SMILES string of the molecule is CCNC(=NCc1ccccc1)NCc1ccc(C(N)=O)cc1. The highest BCUT2D eigenvalue weighted by molar-refractivity contribution is 5.92. The monoisotopic (exact) mass is 310 g/mol. The minimum absolute atomic E-state index is 0.415. The maximum atomic E-state index is 11.1. The third-order valence-corrected chi connectivity index (χ3v) is 3.31. The highest BCUT2D eigenvalue weighted by Gasteiger charge is 2.01. The minimum Gasteiger partial charge on any atom is -0.366 e. The summed E-state index contributed by atoms with van der Waals surface area (Å²) in [5.41, 5.74) is 7.97. The standard InChI is InChI=1S/C18H22N4O/c1-2-20-18(21-12-14-6-4-3-5-7-14)22-13-15-8-10-16(11-9-15)17(19)23/h3-11H,2,12-13H2,1H3,(H2,19,23)(H2,20,21,22). The van der Waals surface area contributed by atoms with Crippen LogP contribution in [0.5, 0.6) is 0 Å². The molecule has 2 rings (SSSR count). The number of guanidine groups is 1. The Labute approximate surface area is 136 Å². The van der Waals surface area contributed by atoms with Gasteiger partial charge < -0.3 is 16.4 Å². The number of carbonyl (C=O) groups is 1. The van der Waals surface area contributed by atoms with E-state index in [9.17, 15) is 4.79 Å². The molecule has 5 heteroatoms. The van der Waals surface area contributed by atoms with E-state index in [4.69, 9.17) is 5.73 Å². The van der Waals surface area contributed by atoms with Gasteiger partial charge in [0.2, 0.25) is 5.91 Å². The Bertz CT molecular complexity index is 650. The molecule has 0 aliphatic rings. The molecule has 0 heterocycles. The van der Waals surface area contributed by atoms with E-state index in [1.807, 2.05) is 37.3 Å². The van der Waals surface area contributed by atoms with Crippen molar-refractivity contribution in [3.05, 3.63) is 71.3 Å². The minimum atomic E-state index is -0.415. The lowest BCUT2D eigenvalue weighted by Gasteiger charge is -2.11. The summed E-state index contributed by atoms with van der Waals surface area (Å²) in [5, 5.41) is 6.50. The first-order valence-electron chi connectivity index (χ1n) is 7.64. The van der Waals surface area contributed by atoms with Crippen LogP contribution in [0.2, 0.25) is 0 Å². The summed E-state index contributed by atoms with van der Waals surface area (Å²) in [5.74, 6) is 0.345. The first-order valence-corrected chi connectivity index (χ1v) is 7.64. The Morgan fingerprint density at radius 1 is 1.00 bits per heavy atom. The van der Waals surface area contributed by atoms with Crippen molar-refractivity contribution in [2.45, 2.75) is 20.0 Å². The Kier molecular flexibility index (Phi) is 6.17. The number of nitrogens with zero attached hydrogens (tertiary/aromatic N) is 1. The Hall–Kier alpha value is -2.82. The highest BCUT2D eigenvalue weighted by atomic mass is 16.1. The molecule has 2 aromatic carbocycles. The number of aliphatic imine (C=N–C) groups is 1. The number of hydrogen-bond donors (Lipinski definition) is 3. The summed E-state index contributed by atoms with van der Waals surface area (Å²) in [6.07, 6.45) is 0. The molecule has 0 radical (unpaired) electrons. The lowest BCUT2D eigenvalue weighted by molar-refractivity contribution is 0.100. The Morgan fingerprint density at radius 2 is 1.70 bits per heavy atom. The molecule has 0 atom stereocenters. The summed E-state index contributed by atoms with van der Waals surface area (Å²) in [6.45, 7) is 4.07. The molecule has 5 nitrogen and oxygen atoms in total. The van der Waals surface area contributed by atoms with E-state index in [1.165, 1.54) is 0 Å². The van der Waals surface area contributed by atoms with Crippen LogP contribution in [0.1, 0.15) is 28.4 Å². The van der Waals surface area contributed by atoms with Gasteiger partial charge >= 0.3 is 0 Å². The molecule has 0 aliphatic heterocycles. The summed E-state index contributed by atoms with van der Waals surface area (Å²) in [6, 6.07) is 17.3. The lowest BCUT2D eigenvalue weighted by atomic mass is 10.1. The molecule has 0 saturated heterocycles. The van der Waals surface area contributed by atoms with Gasteiger partial charge in [0.15, 0.2) is 5.96 Å². The third-order valence-electron chi connectivity index (χ3n) is 3.31. The van der Waals surface area contributed by atoms with Gasteiger partial charge in [0, 0.05) is 18.7 Å². The number of carbonyl (C=O) groups excluding carboxylic acids is 1. The van der Waals surface area contributed by atoms with Gasteiger partial charge in [0.25, 0.3) is 0 Å². The number of hydrogen-bond acceptors (Lipinski definition) is 2. The molecular formula is C18H22N4O. The van der Waals surface area contributed by atoms with Crippen LogP contribution in [-0.2, 0) is 13.1 Å². The number of benzene rings is 2. The quantitative estimate of drug-likeness (QED) is 0.564. The molecule has 0 fully saturated rings. The molecule has 0 bridgehead atoms. The van der Waals surface area contributed by atoms with Gasteiger partial charge in [0.1, 0.15) is 0 Å². The molecule has 1 amide bonds. The summed E-state index contributed by atoms with van der Waals surface area (Å²) in [4.78, 5) is 15.6. The number of rotatable bonds is 6. The van der Waals surface area contributed by atoms with E-state index in [2.05, 4.69) is 27.8 Å². The molecule has 0 aliphatic carbocycles. The van der Waals surface area contributed by atoms with Gasteiger partial charge in [-0.2, -0.15) is 0 Å². The van der Waals surface area contributed by atoms with Gasteiger partial charge in [-0.05, 0) is 30.2 Å². The first kappa shape index (κ1) is 16.5. The lowest BCUT2D eigenvalue weighted by Crippen LogP contribution is -2.36. The highest BCUT2D eigenvalue weighted by Crippen LogP contribution is 2.04. The summed E-state index contributed by atoms with van der Waals surface area (Å²) >= 11 is 0. The molecule has 2 aromatic rings. The molecule has 0 unspecified atom stereocenters.